The van der Waals surface area contributed by atoms with Gasteiger partial charge in [0.25, 0.3) is 5.91 Å². The lowest BCUT2D eigenvalue weighted by Crippen LogP contribution is -2.55. The Balaban J connectivity index is 1.64. The van der Waals surface area contributed by atoms with Crippen LogP contribution in [0.3, 0.4) is 0 Å². The average Bonchev–Trinajstić information content (AvgIpc) is 3.40. The number of anilines is 2. The van der Waals surface area contributed by atoms with Crippen LogP contribution in [-0.4, -0.2) is 48.2 Å². The van der Waals surface area contributed by atoms with Crippen LogP contribution in [0.25, 0.3) is 0 Å². The van der Waals surface area contributed by atoms with Crippen molar-refractivity contribution in [1.82, 2.24) is 5.32 Å². The monoisotopic (exact) mass is 517 g/mol. The Kier molecular flexibility index (Phi) is 6.40. The lowest BCUT2D eigenvalue weighted by atomic mass is 9.76. The predicted octanol–water partition coefficient (Wildman–Crippen LogP) is 4.04. The normalized spacial score (nSPS) is 27.7. The number of benzene rings is 2. The molecule has 178 valence electrons. The van der Waals surface area contributed by atoms with Gasteiger partial charge in [0.05, 0.1) is 17.5 Å². The maximum Gasteiger partial charge on any atom is 0.252 e. The molecule has 0 aliphatic carbocycles. The fraction of sp³-hybridized carbons (Fsp3) is 0.400. The number of carbonyl (C=O) groups is 3. The van der Waals surface area contributed by atoms with Crippen LogP contribution in [0.15, 0.2) is 48.5 Å². The molecule has 9 heteroatoms. The van der Waals surface area contributed by atoms with E-state index in [9.17, 15) is 14.4 Å². The number of hydrogen-bond donors (Lipinski definition) is 1. The number of fused-ring (bicyclic) bond motifs is 4. The van der Waals surface area contributed by atoms with Crippen LogP contribution in [-0.2, 0) is 19.9 Å². The molecule has 3 heterocycles. The third kappa shape index (κ3) is 3.40. The second-order valence-corrected chi connectivity index (χ2v) is 10.6. The Morgan fingerprint density at radius 2 is 1.79 bits per heavy atom. The topological polar surface area (TPSA) is 69.7 Å². The molecule has 34 heavy (non-hydrogen) atoms. The first-order valence-corrected chi connectivity index (χ1v) is 13.6. The van der Waals surface area contributed by atoms with Gasteiger partial charge < -0.3 is 4.90 Å². The summed E-state index contributed by atoms with van der Waals surface area (Å²) in [6.07, 6.45) is 3.31. The molecule has 2 fully saturated rings. The second-order valence-electron chi connectivity index (χ2n) is 8.85. The molecule has 4 atom stereocenters. The van der Waals surface area contributed by atoms with E-state index < -0.39 is 17.4 Å². The van der Waals surface area contributed by atoms with Gasteiger partial charge in [-0.2, -0.15) is 11.8 Å². The van der Waals surface area contributed by atoms with E-state index in [1.54, 1.807) is 40.9 Å². The van der Waals surface area contributed by atoms with Gasteiger partial charge in [-0.15, -0.1) is 11.6 Å². The molecule has 6 nitrogen and oxygen atoms in total. The van der Waals surface area contributed by atoms with Gasteiger partial charge in [-0.3, -0.25) is 19.7 Å². The van der Waals surface area contributed by atoms with Gasteiger partial charge >= 0.3 is 0 Å². The first-order valence-electron chi connectivity index (χ1n) is 11.3. The van der Waals surface area contributed by atoms with Gasteiger partial charge in [-0.05, 0) is 55.2 Å². The molecule has 0 aromatic heterocycles. The number of rotatable bonds is 7. The summed E-state index contributed by atoms with van der Waals surface area (Å²) in [5.74, 6) is -1.00. The van der Waals surface area contributed by atoms with Crippen molar-refractivity contribution in [1.29, 1.82) is 0 Å². The molecular formula is C25H25Cl2N3O3S. The molecule has 3 aliphatic rings. The van der Waals surface area contributed by atoms with E-state index >= 15 is 0 Å². The van der Waals surface area contributed by atoms with Gasteiger partial charge in [0.15, 0.2) is 0 Å². The third-order valence-corrected chi connectivity index (χ3v) is 8.26. The van der Waals surface area contributed by atoms with Crippen molar-refractivity contribution in [3.8, 4) is 0 Å². The summed E-state index contributed by atoms with van der Waals surface area (Å²) >= 11 is 13.7. The highest BCUT2D eigenvalue weighted by Crippen LogP contribution is 2.55. The Morgan fingerprint density at radius 1 is 1.06 bits per heavy atom. The molecule has 2 aromatic carbocycles. The Morgan fingerprint density at radius 3 is 2.50 bits per heavy atom. The minimum atomic E-state index is -1.27. The summed E-state index contributed by atoms with van der Waals surface area (Å²) in [7, 11) is 0. The number of imide groups is 1. The zero-order chi connectivity index (χ0) is 24.0. The molecule has 2 aromatic rings. The van der Waals surface area contributed by atoms with Crippen molar-refractivity contribution in [3.63, 3.8) is 0 Å². The maximum absolute atomic E-state index is 14.1. The Labute approximate surface area is 212 Å². The SMILES string of the molecule is CSCC[C@@H]1N[C@]2(C(=O)N(CCCCl)c3ccccc32)[C@H]2C(=O)N(c3ccc(Cl)cc3)C(=O)[C@H]12. The maximum atomic E-state index is 14.1. The summed E-state index contributed by atoms with van der Waals surface area (Å²) in [6, 6.07) is 13.9. The molecule has 5 rings (SSSR count). The number of thioether (sulfide) groups is 1. The molecule has 3 amide bonds. The molecule has 0 bridgehead atoms. The molecule has 1 N–H and O–H groups in total. The quantitative estimate of drug-likeness (QED) is 0.443. The molecule has 0 saturated carbocycles. The highest BCUT2D eigenvalue weighted by atomic mass is 35.5. The summed E-state index contributed by atoms with van der Waals surface area (Å²) in [6.45, 7) is 0.457. The van der Waals surface area contributed by atoms with Crippen molar-refractivity contribution < 1.29 is 14.4 Å². The number of halogens is 2. The average molecular weight is 518 g/mol. The number of para-hydroxylation sites is 1. The number of amides is 3. The van der Waals surface area contributed by atoms with Gasteiger partial charge in [-0.1, -0.05) is 29.8 Å². The molecular weight excluding hydrogens is 493 g/mol. The van der Waals surface area contributed by atoms with Crippen LogP contribution in [0.4, 0.5) is 11.4 Å². The standard InChI is InChI=1S/C25H25Cl2N3O3S/c1-34-14-11-18-20-21(23(32)30(22(20)31)16-9-7-15(27)8-10-16)25(28-18)17-5-2-3-6-19(17)29(24(25)33)13-4-12-26/h2-3,5-10,18,20-21,28H,4,11-14H2,1H3/t18-,20+,21+,25-/m0/s1. The van der Waals surface area contributed by atoms with E-state index in [0.29, 0.717) is 36.0 Å². The van der Waals surface area contributed by atoms with Gasteiger partial charge in [0.1, 0.15) is 5.54 Å². The van der Waals surface area contributed by atoms with Crippen molar-refractivity contribution in [2.45, 2.75) is 24.4 Å². The fourth-order valence-corrected chi connectivity index (χ4v) is 6.46. The Bertz CT molecular complexity index is 1140. The van der Waals surface area contributed by atoms with Crippen LogP contribution in [0.2, 0.25) is 5.02 Å². The minimum Gasteiger partial charge on any atom is -0.310 e. The van der Waals surface area contributed by atoms with E-state index in [2.05, 4.69) is 5.32 Å². The summed E-state index contributed by atoms with van der Waals surface area (Å²) in [5.41, 5.74) is 0.741. The van der Waals surface area contributed by atoms with Crippen molar-refractivity contribution >= 4 is 64.1 Å². The summed E-state index contributed by atoms with van der Waals surface area (Å²) in [5, 5.41) is 4.05. The van der Waals surface area contributed by atoms with Crippen molar-refractivity contribution in [3.05, 3.63) is 59.1 Å². The highest BCUT2D eigenvalue weighted by molar-refractivity contribution is 7.98. The molecule has 2 saturated heterocycles. The zero-order valence-corrected chi connectivity index (χ0v) is 21.0. The van der Waals surface area contributed by atoms with Gasteiger partial charge in [0.2, 0.25) is 11.8 Å². The van der Waals surface area contributed by atoms with E-state index in [4.69, 9.17) is 23.2 Å². The van der Waals surface area contributed by atoms with E-state index in [1.807, 2.05) is 30.5 Å². The highest BCUT2D eigenvalue weighted by Gasteiger charge is 2.71. The van der Waals surface area contributed by atoms with Crippen LogP contribution in [0.5, 0.6) is 0 Å². The number of nitrogens with zero attached hydrogens (tertiary/aromatic N) is 2. The number of hydrogen-bond acceptors (Lipinski definition) is 5. The summed E-state index contributed by atoms with van der Waals surface area (Å²) in [4.78, 5) is 44.8. The van der Waals surface area contributed by atoms with Gasteiger partial charge in [0, 0.05) is 34.7 Å². The van der Waals surface area contributed by atoms with Crippen LogP contribution >= 0.6 is 35.0 Å². The van der Waals surface area contributed by atoms with Crippen molar-refractivity contribution in [2.75, 3.05) is 34.2 Å². The minimum absolute atomic E-state index is 0.181. The summed E-state index contributed by atoms with van der Waals surface area (Å²) < 4.78 is 0. The van der Waals surface area contributed by atoms with Crippen molar-refractivity contribution in [2.24, 2.45) is 11.8 Å². The predicted molar refractivity (Wildman–Crippen MR) is 137 cm³/mol. The largest absolute Gasteiger partial charge is 0.310 e. The zero-order valence-electron chi connectivity index (χ0n) is 18.7. The third-order valence-electron chi connectivity index (χ3n) is 7.10. The first kappa shape index (κ1) is 23.7. The van der Waals surface area contributed by atoms with E-state index in [0.717, 1.165) is 17.0 Å². The van der Waals surface area contributed by atoms with E-state index in [-0.39, 0.29) is 23.8 Å². The molecule has 3 aliphatic heterocycles. The Hall–Kier alpha value is -2.06. The number of alkyl halides is 1. The van der Waals surface area contributed by atoms with Gasteiger partial charge in [-0.25, -0.2) is 4.90 Å². The van der Waals surface area contributed by atoms with Crippen LogP contribution < -0.4 is 15.1 Å². The lowest BCUT2D eigenvalue weighted by molar-refractivity contribution is -0.132. The molecule has 0 radical (unpaired) electrons. The second kappa shape index (κ2) is 9.19. The van der Waals surface area contributed by atoms with E-state index in [1.165, 1.54) is 4.90 Å². The van der Waals surface area contributed by atoms with Crippen LogP contribution in [0.1, 0.15) is 18.4 Å². The number of carbonyl (C=O) groups excluding carboxylic acids is 3. The molecule has 1 spiro atoms. The molecule has 0 unspecified atom stereocenters. The fourth-order valence-electron chi connectivity index (χ4n) is 5.72. The lowest BCUT2D eigenvalue weighted by Gasteiger charge is -2.30. The first-order chi connectivity index (χ1) is 16.5. The smallest absolute Gasteiger partial charge is 0.252 e. The number of nitrogens with one attached hydrogen (secondary N) is 1. The van der Waals surface area contributed by atoms with Crippen LogP contribution in [0, 0.1) is 11.8 Å².